The molecule has 0 amide bonds. The fourth-order valence-corrected chi connectivity index (χ4v) is 0.949. The first-order valence-electron chi connectivity index (χ1n) is 5.01. The number of esters is 1. The summed E-state index contributed by atoms with van der Waals surface area (Å²) >= 11 is 0. The Morgan fingerprint density at radius 1 is 1.46 bits per heavy atom. The molecule has 0 saturated carbocycles. The van der Waals surface area contributed by atoms with Crippen LogP contribution in [0.4, 0.5) is 0 Å². The molecule has 1 heterocycles. The highest BCUT2D eigenvalue weighted by Crippen LogP contribution is 2.13. The van der Waals surface area contributed by atoms with Gasteiger partial charge in [0.1, 0.15) is 6.10 Å². The Hall–Kier alpha value is -0.570. The Morgan fingerprint density at radius 2 is 2.08 bits per heavy atom. The van der Waals surface area contributed by atoms with Crippen molar-refractivity contribution in [2.24, 2.45) is 0 Å². The Balaban J connectivity index is 0.000000424. The molecule has 3 nitrogen and oxygen atoms in total. The van der Waals surface area contributed by atoms with Crippen LogP contribution >= 0.6 is 0 Å². The van der Waals surface area contributed by atoms with Gasteiger partial charge in [0.15, 0.2) is 0 Å². The quantitative estimate of drug-likeness (QED) is 0.636. The van der Waals surface area contributed by atoms with Crippen LogP contribution in [-0.4, -0.2) is 25.3 Å². The summed E-state index contributed by atoms with van der Waals surface area (Å²) in [5.74, 6) is -0.0929. The molecule has 1 atom stereocenters. The van der Waals surface area contributed by atoms with E-state index < -0.39 is 0 Å². The molecule has 78 valence electrons. The second kappa shape index (κ2) is 8.05. The minimum atomic E-state index is -0.0929. The lowest BCUT2D eigenvalue weighted by atomic mass is 10.2. The molecule has 0 aliphatic carbocycles. The van der Waals surface area contributed by atoms with E-state index in [1.54, 1.807) is 0 Å². The maximum absolute atomic E-state index is 10.5. The van der Waals surface area contributed by atoms with Gasteiger partial charge >= 0.3 is 5.97 Å². The van der Waals surface area contributed by atoms with Crippen molar-refractivity contribution in [3.8, 4) is 0 Å². The number of rotatable bonds is 3. The lowest BCUT2D eigenvalue weighted by Crippen LogP contribution is -2.14. The summed E-state index contributed by atoms with van der Waals surface area (Å²) in [7, 11) is 0. The molecule has 3 heteroatoms. The topological polar surface area (TPSA) is 35.5 Å². The first kappa shape index (κ1) is 12.4. The molecule has 0 spiro atoms. The van der Waals surface area contributed by atoms with Crippen molar-refractivity contribution in [1.29, 1.82) is 0 Å². The van der Waals surface area contributed by atoms with Crippen LogP contribution in [0.5, 0.6) is 0 Å². The third-order valence-electron chi connectivity index (χ3n) is 1.48. The molecule has 0 aromatic heterocycles. The molecule has 0 N–H and O–H groups in total. The van der Waals surface area contributed by atoms with Crippen LogP contribution in [0.2, 0.25) is 0 Å². The molecule has 1 unspecified atom stereocenters. The van der Waals surface area contributed by atoms with E-state index >= 15 is 0 Å². The highest BCUT2D eigenvalue weighted by Gasteiger charge is 2.22. The van der Waals surface area contributed by atoms with Gasteiger partial charge in [-0.25, -0.2) is 0 Å². The standard InChI is InChI=1S/C7H12O3.C3H8/c1-2-9-5-6-3-4-7(8)10-6;1-3-2/h6H,2-5H2,1H3;3H2,1-2H3. The van der Waals surface area contributed by atoms with E-state index in [0.29, 0.717) is 19.6 Å². The first-order valence-corrected chi connectivity index (χ1v) is 5.01. The van der Waals surface area contributed by atoms with E-state index in [2.05, 4.69) is 13.8 Å². The number of cyclic esters (lactones) is 1. The summed E-state index contributed by atoms with van der Waals surface area (Å²) in [5.41, 5.74) is 0. The zero-order chi connectivity index (χ0) is 10.1. The summed E-state index contributed by atoms with van der Waals surface area (Å²) in [4.78, 5) is 10.5. The summed E-state index contributed by atoms with van der Waals surface area (Å²) in [6.07, 6.45) is 2.64. The predicted octanol–water partition coefficient (Wildman–Crippen LogP) is 2.14. The lowest BCUT2D eigenvalue weighted by Gasteiger charge is -2.07. The molecule has 1 saturated heterocycles. The van der Waals surface area contributed by atoms with Gasteiger partial charge < -0.3 is 9.47 Å². The van der Waals surface area contributed by atoms with Crippen molar-refractivity contribution in [3.63, 3.8) is 0 Å². The largest absolute Gasteiger partial charge is 0.460 e. The highest BCUT2D eigenvalue weighted by atomic mass is 16.6. The van der Waals surface area contributed by atoms with E-state index in [0.717, 1.165) is 6.42 Å². The number of carbonyl (C=O) groups is 1. The van der Waals surface area contributed by atoms with Crippen LogP contribution in [0.1, 0.15) is 40.0 Å². The van der Waals surface area contributed by atoms with Gasteiger partial charge in [0.25, 0.3) is 0 Å². The van der Waals surface area contributed by atoms with Crippen LogP contribution in [0.25, 0.3) is 0 Å². The third-order valence-corrected chi connectivity index (χ3v) is 1.48. The van der Waals surface area contributed by atoms with Crippen molar-refractivity contribution in [2.45, 2.75) is 46.1 Å². The monoisotopic (exact) mass is 188 g/mol. The van der Waals surface area contributed by atoms with Crippen LogP contribution in [0, 0.1) is 0 Å². The van der Waals surface area contributed by atoms with Crippen LogP contribution in [0.15, 0.2) is 0 Å². The fourth-order valence-electron chi connectivity index (χ4n) is 0.949. The van der Waals surface area contributed by atoms with E-state index in [-0.39, 0.29) is 12.1 Å². The second-order valence-electron chi connectivity index (χ2n) is 3.02. The number of hydrogen-bond donors (Lipinski definition) is 0. The number of hydrogen-bond acceptors (Lipinski definition) is 3. The Morgan fingerprint density at radius 3 is 2.46 bits per heavy atom. The average Bonchev–Trinajstić information content (AvgIpc) is 2.49. The minimum absolute atomic E-state index is 0.0208. The van der Waals surface area contributed by atoms with Gasteiger partial charge in [0, 0.05) is 13.0 Å². The van der Waals surface area contributed by atoms with Gasteiger partial charge in [-0.15, -0.1) is 0 Å². The summed E-state index contributed by atoms with van der Waals surface area (Å²) in [5, 5.41) is 0. The summed E-state index contributed by atoms with van der Waals surface area (Å²) in [6, 6.07) is 0. The minimum Gasteiger partial charge on any atom is -0.460 e. The zero-order valence-corrected chi connectivity index (χ0v) is 8.84. The number of ether oxygens (including phenoxy) is 2. The third kappa shape index (κ3) is 6.58. The molecule has 1 aliphatic rings. The van der Waals surface area contributed by atoms with Gasteiger partial charge in [0.05, 0.1) is 6.61 Å². The van der Waals surface area contributed by atoms with E-state index in [9.17, 15) is 4.79 Å². The van der Waals surface area contributed by atoms with Crippen molar-refractivity contribution in [1.82, 2.24) is 0 Å². The van der Waals surface area contributed by atoms with Crippen molar-refractivity contribution < 1.29 is 14.3 Å². The molecular weight excluding hydrogens is 168 g/mol. The van der Waals surface area contributed by atoms with Crippen LogP contribution in [-0.2, 0) is 14.3 Å². The maximum atomic E-state index is 10.5. The zero-order valence-electron chi connectivity index (χ0n) is 8.84. The van der Waals surface area contributed by atoms with Crippen LogP contribution < -0.4 is 0 Å². The Labute approximate surface area is 80.4 Å². The van der Waals surface area contributed by atoms with Crippen molar-refractivity contribution in [2.75, 3.05) is 13.2 Å². The van der Waals surface area contributed by atoms with Gasteiger partial charge in [-0.3, -0.25) is 4.79 Å². The molecule has 0 aromatic rings. The van der Waals surface area contributed by atoms with Gasteiger partial charge in [0.2, 0.25) is 0 Å². The molecule has 0 radical (unpaired) electrons. The van der Waals surface area contributed by atoms with Gasteiger partial charge in [-0.1, -0.05) is 20.3 Å². The normalized spacial score (nSPS) is 20.5. The Bertz CT molecular complexity index is 134. The average molecular weight is 188 g/mol. The SMILES string of the molecule is CCC.CCOCC1CCC(=O)O1. The lowest BCUT2D eigenvalue weighted by molar-refractivity contribution is -0.143. The molecule has 0 aromatic carbocycles. The molecule has 0 bridgehead atoms. The van der Waals surface area contributed by atoms with E-state index in [1.165, 1.54) is 6.42 Å². The maximum Gasteiger partial charge on any atom is 0.306 e. The second-order valence-corrected chi connectivity index (χ2v) is 3.02. The van der Waals surface area contributed by atoms with Gasteiger partial charge in [-0.2, -0.15) is 0 Å². The summed E-state index contributed by atoms with van der Waals surface area (Å²) in [6.45, 7) is 7.42. The molecule has 13 heavy (non-hydrogen) atoms. The predicted molar refractivity (Wildman–Crippen MR) is 51.6 cm³/mol. The fraction of sp³-hybridized carbons (Fsp3) is 0.900. The van der Waals surface area contributed by atoms with Crippen molar-refractivity contribution >= 4 is 5.97 Å². The Kier molecular flexibility index (Phi) is 7.69. The number of carbonyl (C=O) groups excluding carboxylic acids is 1. The molecular formula is C10H20O3. The summed E-state index contributed by atoms with van der Waals surface area (Å²) < 4.78 is 9.99. The first-order chi connectivity index (χ1) is 6.24. The van der Waals surface area contributed by atoms with Crippen LogP contribution in [0.3, 0.4) is 0 Å². The molecule has 1 fully saturated rings. The molecule has 1 aliphatic heterocycles. The van der Waals surface area contributed by atoms with E-state index in [1.807, 2.05) is 6.92 Å². The smallest absolute Gasteiger partial charge is 0.306 e. The molecule has 1 rings (SSSR count). The van der Waals surface area contributed by atoms with Crippen molar-refractivity contribution in [3.05, 3.63) is 0 Å². The highest BCUT2D eigenvalue weighted by molar-refractivity contribution is 5.71. The van der Waals surface area contributed by atoms with Gasteiger partial charge in [-0.05, 0) is 13.3 Å². The van der Waals surface area contributed by atoms with E-state index in [4.69, 9.17) is 9.47 Å².